The maximum absolute atomic E-state index is 12.0. The Morgan fingerprint density at radius 1 is 1.32 bits per heavy atom. The van der Waals surface area contributed by atoms with Crippen molar-refractivity contribution in [3.8, 4) is 0 Å². The molecule has 0 saturated heterocycles. The second-order valence-electron chi connectivity index (χ2n) is 5.92. The van der Waals surface area contributed by atoms with Crippen LogP contribution in [0.5, 0.6) is 0 Å². The molecule has 1 aliphatic heterocycles. The molecule has 0 radical (unpaired) electrons. The van der Waals surface area contributed by atoms with Crippen molar-refractivity contribution < 1.29 is 9.59 Å². The number of carbonyl (C=O) groups excluding carboxylic acids is 2. The lowest BCUT2D eigenvalue weighted by molar-refractivity contribution is -0.135. The van der Waals surface area contributed by atoms with E-state index in [0.29, 0.717) is 10.9 Å². The molecule has 0 aromatic heterocycles. The smallest absolute Gasteiger partial charge is 0.273 e. The van der Waals surface area contributed by atoms with Crippen LogP contribution in [0.2, 0.25) is 0 Å². The summed E-state index contributed by atoms with van der Waals surface area (Å²) in [6.07, 6.45) is 0. The van der Waals surface area contributed by atoms with Crippen LogP contribution in [-0.4, -0.2) is 41.5 Å². The topological polar surface area (TPSA) is 53.0 Å². The maximum atomic E-state index is 12.0. The number of carbonyl (C=O) groups is 2. The minimum absolute atomic E-state index is 0.164. The van der Waals surface area contributed by atoms with Crippen molar-refractivity contribution in [3.63, 3.8) is 0 Å². The van der Waals surface area contributed by atoms with Crippen molar-refractivity contribution >= 4 is 34.4 Å². The number of rotatable bonds is 3. The van der Waals surface area contributed by atoms with Crippen LogP contribution in [0.4, 0.5) is 5.69 Å². The Bertz CT molecular complexity index is 638. The first-order valence-corrected chi connectivity index (χ1v) is 8.05. The number of nitrogens with zero attached hydrogens (tertiary/aromatic N) is 3. The van der Waals surface area contributed by atoms with Gasteiger partial charge in [-0.2, -0.15) is 4.99 Å². The van der Waals surface area contributed by atoms with Crippen LogP contribution >= 0.6 is 11.8 Å². The minimum atomic E-state index is -0.894. The van der Waals surface area contributed by atoms with Crippen LogP contribution in [0.15, 0.2) is 29.3 Å². The Balaban J connectivity index is 2.20. The highest BCUT2D eigenvalue weighted by molar-refractivity contribution is 8.13. The number of hydrogen-bond donors (Lipinski definition) is 0. The van der Waals surface area contributed by atoms with Gasteiger partial charge in [-0.15, -0.1) is 0 Å². The minimum Gasteiger partial charge on any atom is -0.377 e. The number of amides is 2. The van der Waals surface area contributed by atoms with E-state index >= 15 is 0 Å². The highest BCUT2D eigenvalue weighted by Gasteiger charge is 2.45. The molecule has 1 aromatic rings. The average Bonchev–Trinajstić information content (AvgIpc) is 2.66. The zero-order valence-electron chi connectivity index (χ0n) is 13.6. The Morgan fingerprint density at radius 3 is 2.55 bits per heavy atom. The number of amidine groups is 1. The van der Waals surface area contributed by atoms with Gasteiger partial charge in [-0.25, -0.2) is 0 Å². The molecule has 0 atom stereocenters. The first-order chi connectivity index (χ1) is 10.2. The molecule has 1 aliphatic rings. The van der Waals surface area contributed by atoms with Crippen LogP contribution in [0.25, 0.3) is 0 Å². The molecule has 5 nitrogen and oxygen atoms in total. The molecule has 0 N–H and O–H groups in total. The molecule has 0 aliphatic carbocycles. The summed E-state index contributed by atoms with van der Waals surface area (Å²) in [4.78, 5) is 31.5. The Morgan fingerprint density at radius 2 is 1.95 bits per heavy atom. The van der Waals surface area contributed by atoms with E-state index in [2.05, 4.69) is 4.99 Å². The fraction of sp³-hybridized carbons (Fsp3) is 0.438. The maximum Gasteiger partial charge on any atom is 0.273 e. The van der Waals surface area contributed by atoms with Crippen LogP contribution in [0.1, 0.15) is 26.3 Å². The summed E-state index contributed by atoms with van der Waals surface area (Å²) in [7, 11) is 3.98. The quantitative estimate of drug-likeness (QED) is 0.859. The molecular weight excluding hydrogens is 298 g/mol. The summed E-state index contributed by atoms with van der Waals surface area (Å²) in [5, 5.41) is 0.482. The van der Waals surface area contributed by atoms with Gasteiger partial charge in [-0.05, 0) is 25.5 Å². The molecule has 22 heavy (non-hydrogen) atoms. The van der Waals surface area contributed by atoms with E-state index < -0.39 is 5.54 Å². The fourth-order valence-electron chi connectivity index (χ4n) is 2.45. The molecule has 2 rings (SSSR count). The predicted octanol–water partition coefficient (Wildman–Crippen LogP) is 2.51. The highest BCUT2D eigenvalue weighted by Crippen LogP contribution is 2.31. The normalized spacial score (nSPS) is 16.7. The summed E-state index contributed by atoms with van der Waals surface area (Å²) in [6.45, 7) is 4.91. The SMILES string of the molecule is CC(=O)N1C(SCc2ccccc2N(C)C)=NC(=O)C1(C)C. The van der Waals surface area contributed by atoms with Gasteiger partial charge >= 0.3 is 0 Å². The van der Waals surface area contributed by atoms with Crippen molar-refractivity contribution in [1.82, 2.24) is 4.90 Å². The second-order valence-corrected chi connectivity index (χ2v) is 6.87. The molecule has 0 spiro atoms. The average molecular weight is 319 g/mol. The molecule has 2 amide bonds. The third-order valence-corrected chi connectivity index (χ3v) is 4.60. The van der Waals surface area contributed by atoms with Gasteiger partial charge in [0.15, 0.2) is 5.17 Å². The van der Waals surface area contributed by atoms with E-state index in [9.17, 15) is 9.59 Å². The number of aliphatic imine (C=N–C) groups is 1. The van der Waals surface area contributed by atoms with Crippen molar-refractivity contribution in [2.45, 2.75) is 32.1 Å². The van der Waals surface area contributed by atoms with Gasteiger partial charge in [0.1, 0.15) is 5.54 Å². The van der Waals surface area contributed by atoms with Gasteiger partial charge in [0, 0.05) is 32.5 Å². The van der Waals surface area contributed by atoms with E-state index in [1.807, 2.05) is 43.3 Å². The van der Waals surface area contributed by atoms with Crippen molar-refractivity contribution in [3.05, 3.63) is 29.8 Å². The van der Waals surface area contributed by atoms with Crippen LogP contribution in [0.3, 0.4) is 0 Å². The van der Waals surface area contributed by atoms with Gasteiger partial charge in [0.2, 0.25) is 5.91 Å². The Labute approximate surface area is 135 Å². The van der Waals surface area contributed by atoms with Crippen molar-refractivity contribution in [1.29, 1.82) is 0 Å². The lowest BCUT2D eigenvalue weighted by atomic mass is 10.0. The number of benzene rings is 1. The zero-order valence-corrected chi connectivity index (χ0v) is 14.4. The van der Waals surface area contributed by atoms with Crippen molar-refractivity contribution in [2.24, 2.45) is 4.99 Å². The summed E-state index contributed by atoms with van der Waals surface area (Å²) >= 11 is 1.42. The summed E-state index contributed by atoms with van der Waals surface area (Å²) in [6, 6.07) is 8.06. The predicted molar refractivity (Wildman–Crippen MR) is 91.1 cm³/mol. The van der Waals surface area contributed by atoms with Gasteiger partial charge in [0.25, 0.3) is 5.91 Å². The lowest BCUT2D eigenvalue weighted by Gasteiger charge is -2.29. The lowest BCUT2D eigenvalue weighted by Crippen LogP contribution is -2.48. The fourth-order valence-corrected chi connectivity index (χ4v) is 3.61. The zero-order chi connectivity index (χ0) is 16.5. The molecule has 6 heteroatoms. The second kappa shape index (κ2) is 6.12. The van der Waals surface area contributed by atoms with E-state index in [0.717, 1.165) is 11.3 Å². The standard InChI is InChI=1S/C16H21N3O2S/c1-11(20)19-15(17-14(21)16(19,2)3)22-10-12-8-6-7-9-13(12)18(4)5/h6-9H,10H2,1-5H3. The highest BCUT2D eigenvalue weighted by atomic mass is 32.2. The molecule has 0 bridgehead atoms. The van der Waals surface area contributed by atoms with Crippen LogP contribution in [-0.2, 0) is 15.3 Å². The Hall–Kier alpha value is -1.82. The monoisotopic (exact) mass is 319 g/mol. The summed E-state index contributed by atoms with van der Waals surface area (Å²) < 4.78 is 0. The number of anilines is 1. The van der Waals surface area contributed by atoms with E-state index in [4.69, 9.17) is 0 Å². The molecular formula is C16H21N3O2S. The van der Waals surface area contributed by atoms with Crippen molar-refractivity contribution in [2.75, 3.05) is 19.0 Å². The first kappa shape index (κ1) is 16.5. The summed E-state index contributed by atoms with van der Waals surface area (Å²) in [5.41, 5.74) is 1.37. The molecule has 0 saturated carbocycles. The molecule has 118 valence electrons. The third kappa shape index (κ3) is 3.02. The van der Waals surface area contributed by atoms with E-state index in [1.165, 1.54) is 23.6 Å². The van der Waals surface area contributed by atoms with Gasteiger partial charge < -0.3 is 4.90 Å². The Kier molecular flexibility index (Phi) is 4.60. The number of para-hydroxylation sites is 1. The van der Waals surface area contributed by atoms with Gasteiger partial charge in [-0.3, -0.25) is 14.5 Å². The van der Waals surface area contributed by atoms with Crippen LogP contribution < -0.4 is 4.90 Å². The third-order valence-electron chi connectivity index (χ3n) is 3.62. The summed E-state index contributed by atoms with van der Waals surface area (Å²) in [5.74, 6) is 0.217. The molecule has 0 fully saturated rings. The number of hydrogen-bond acceptors (Lipinski definition) is 4. The van der Waals surface area contributed by atoms with Gasteiger partial charge in [-0.1, -0.05) is 30.0 Å². The van der Waals surface area contributed by atoms with E-state index in [1.54, 1.807) is 13.8 Å². The largest absolute Gasteiger partial charge is 0.377 e. The molecule has 0 unspecified atom stereocenters. The number of thioether (sulfide) groups is 1. The first-order valence-electron chi connectivity index (χ1n) is 7.07. The van der Waals surface area contributed by atoms with E-state index in [-0.39, 0.29) is 11.8 Å². The molecule has 1 heterocycles. The van der Waals surface area contributed by atoms with Crippen LogP contribution in [0, 0.1) is 0 Å². The molecule has 1 aromatic carbocycles. The van der Waals surface area contributed by atoms with Gasteiger partial charge in [0.05, 0.1) is 0 Å².